The molecule has 0 aliphatic heterocycles. The molecule has 0 aliphatic carbocycles. The normalized spacial score (nSPS) is 11.2. The van der Waals surface area contributed by atoms with Gasteiger partial charge < -0.3 is 0 Å². The Hall–Kier alpha value is -1.04. The largest absolute Gasteiger partial charge is 0.0839 e. The molecule has 0 heterocycles. The molecule has 0 fully saturated rings. The summed E-state index contributed by atoms with van der Waals surface area (Å²) in [5.74, 6) is 0. The first-order valence-corrected chi connectivity index (χ1v) is 8.56. The van der Waals surface area contributed by atoms with E-state index >= 15 is 0 Å². The second kappa shape index (κ2) is 13.0. The lowest BCUT2D eigenvalue weighted by Crippen LogP contribution is -1.81. The zero-order valence-corrected chi connectivity index (χ0v) is 13.2. The highest BCUT2D eigenvalue weighted by atomic mass is 14.0. The molecule has 111 valence electrons. The predicted molar refractivity (Wildman–Crippen MR) is 90.8 cm³/mol. The summed E-state index contributed by atoms with van der Waals surface area (Å²) in [6.45, 7) is 2.28. The van der Waals surface area contributed by atoms with Gasteiger partial charge in [-0.1, -0.05) is 101 Å². The molecule has 0 nitrogen and oxygen atoms in total. The highest BCUT2D eigenvalue weighted by molar-refractivity contribution is 5.47. The molecule has 0 amide bonds. The first-order valence-electron chi connectivity index (χ1n) is 8.56. The molecule has 0 bridgehead atoms. The number of allylic oxidation sites excluding steroid dienone is 1. The van der Waals surface area contributed by atoms with Crippen molar-refractivity contribution in [1.29, 1.82) is 0 Å². The van der Waals surface area contributed by atoms with E-state index in [1.54, 1.807) is 0 Å². The standard InChI is InChI=1S/C20H31/c1-2-3-4-5-6-7-8-9-10-11-12-14-17-20-18-15-13-16-19-20/h13-18H,2-12H2,1H3. The van der Waals surface area contributed by atoms with Crippen LogP contribution in [-0.4, -0.2) is 0 Å². The van der Waals surface area contributed by atoms with Crippen LogP contribution in [0.2, 0.25) is 0 Å². The molecular weight excluding hydrogens is 240 g/mol. The third-order valence-corrected chi connectivity index (χ3v) is 3.75. The van der Waals surface area contributed by atoms with Crippen molar-refractivity contribution in [2.24, 2.45) is 0 Å². The van der Waals surface area contributed by atoms with Crippen LogP contribution in [0, 0.1) is 6.07 Å². The Balaban J connectivity index is 1.84. The number of rotatable bonds is 12. The first-order chi connectivity index (χ1) is 9.93. The van der Waals surface area contributed by atoms with Gasteiger partial charge in [-0.15, -0.1) is 0 Å². The van der Waals surface area contributed by atoms with Crippen molar-refractivity contribution >= 4 is 6.08 Å². The van der Waals surface area contributed by atoms with E-state index in [9.17, 15) is 0 Å². The minimum absolute atomic E-state index is 1.19. The molecule has 0 saturated heterocycles. The number of benzene rings is 1. The summed E-state index contributed by atoms with van der Waals surface area (Å²) in [6, 6.07) is 11.4. The second-order valence-electron chi connectivity index (χ2n) is 5.69. The summed E-state index contributed by atoms with van der Waals surface area (Å²) >= 11 is 0. The molecule has 0 aromatic heterocycles. The van der Waals surface area contributed by atoms with Crippen molar-refractivity contribution in [2.45, 2.75) is 77.6 Å². The maximum atomic E-state index is 3.22. The van der Waals surface area contributed by atoms with Crippen molar-refractivity contribution in [3.8, 4) is 0 Å². The smallest absolute Gasteiger partial charge is 0.0106 e. The molecule has 0 aliphatic rings. The van der Waals surface area contributed by atoms with E-state index in [1.807, 2.05) is 12.1 Å². The van der Waals surface area contributed by atoms with Crippen molar-refractivity contribution in [3.63, 3.8) is 0 Å². The highest BCUT2D eigenvalue weighted by Gasteiger charge is 1.92. The van der Waals surface area contributed by atoms with Gasteiger partial charge >= 0.3 is 0 Å². The monoisotopic (exact) mass is 271 g/mol. The summed E-state index contributed by atoms with van der Waals surface area (Å²) < 4.78 is 0. The quantitative estimate of drug-likeness (QED) is 0.366. The van der Waals surface area contributed by atoms with E-state index in [0.29, 0.717) is 0 Å². The van der Waals surface area contributed by atoms with E-state index in [2.05, 4.69) is 37.3 Å². The second-order valence-corrected chi connectivity index (χ2v) is 5.69. The third kappa shape index (κ3) is 9.83. The Kier molecular flexibility index (Phi) is 11.0. The third-order valence-electron chi connectivity index (χ3n) is 3.75. The SMILES string of the molecule is CCCCCCCCCCCCC=Cc1[c]cccc1. The molecule has 0 spiro atoms. The van der Waals surface area contributed by atoms with Gasteiger partial charge in [0.2, 0.25) is 0 Å². The lowest BCUT2D eigenvalue weighted by atomic mass is 10.1. The van der Waals surface area contributed by atoms with Gasteiger partial charge in [0.15, 0.2) is 0 Å². The van der Waals surface area contributed by atoms with Crippen LogP contribution < -0.4 is 0 Å². The van der Waals surface area contributed by atoms with Gasteiger partial charge in [0.25, 0.3) is 0 Å². The molecular formula is C20H31. The van der Waals surface area contributed by atoms with Gasteiger partial charge in [-0.2, -0.15) is 0 Å². The number of hydrogen-bond donors (Lipinski definition) is 0. The van der Waals surface area contributed by atoms with E-state index in [4.69, 9.17) is 0 Å². The molecule has 0 saturated carbocycles. The van der Waals surface area contributed by atoms with Gasteiger partial charge in [0.05, 0.1) is 0 Å². The first kappa shape index (κ1) is 17.0. The van der Waals surface area contributed by atoms with Crippen LogP contribution in [0.25, 0.3) is 6.08 Å². The summed E-state index contributed by atoms with van der Waals surface area (Å²) in [7, 11) is 0. The van der Waals surface area contributed by atoms with Crippen LogP contribution in [0.15, 0.2) is 30.3 Å². The molecule has 0 unspecified atom stereocenters. The predicted octanol–water partition coefficient (Wildman–Crippen LogP) is 6.81. The fraction of sp³-hybridized carbons (Fsp3) is 0.600. The van der Waals surface area contributed by atoms with E-state index in [-0.39, 0.29) is 0 Å². The minimum Gasteiger partial charge on any atom is -0.0839 e. The maximum absolute atomic E-state index is 3.22. The average Bonchev–Trinajstić information content (AvgIpc) is 2.49. The van der Waals surface area contributed by atoms with Gasteiger partial charge in [0, 0.05) is 0 Å². The fourth-order valence-electron chi connectivity index (χ4n) is 2.47. The molecule has 1 radical (unpaired) electrons. The lowest BCUT2D eigenvalue weighted by molar-refractivity contribution is 0.558. The molecule has 1 rings (SSSR count). The number of unbranched alkanes of at least 4 members (excludes halogenated alkanes) is 10. The van der Waals surface area contributed by atoms with Crippen LogP contribution in [0.1, 0.15) is 83.1 Å². The van der Waals surface area contributed by atoms with Crippen molar-refractivity contribution in [3.05, 3.63) is 42.0 Å². The van der Waals surface area contributed by atoms with E-state index in [1.165, 1.54) is 76.2 Å². The van der Waals surface area contributed by atoms with E-state index in [0.717, 1.165) is 0 Å². The van der Waals surface area contributed by atoms with Crippen molar-refractivity contribution in [2.75, 3.05) is 0 Å². The molecule has 0 N–H and O–H groups in total. The Morgan fingerprint density at radius 1 is 0.850 bits per heavy atom. The zero-order valence-electron chi connectivity index (χ0n) is 13.2. The molecule has 1 aromatic carbocycles. The number of hydrogen-bond acceptors (Lipinski definition) is 0. The van der Waals surface area contributed by atoms with Gasteiger partial charge in [-0.3, -0.25) is 0 Å². The summed E-state index contributed by atoms with van der Waals surface area (Å²) in [5, 5.41) is 0. The molecule has 0 heteroatoms. The molecule has 1 aromatic rings. The molecule has 0 atom stereocenters. The van der Waals surface area contributed by atoms with Crippen molar-refractivity contribution < 1.29 is 0 Å². The zero-order chi connectivity index (χ0) is 14.3. The van der Waals surface area contributed by atoms with E-state index < -0.39 is 0 Å². The lowest BCUT2D eigenvalue weighted by Gasteiger charge is -2.01. The Morgan fingerprint density at radius 2 is 1.50 bits per heavy atom. The van der Waals surface area contributed by atoms with Crippen LogP contribution in [0.5, 0.6) is 0 Å². The van der Waals surface area contributed by atoms with Gasteiger partial charge in [0.1, 0.15) is 0 Å². The van der Waals surface area contributed by atoms with Crippen LogP contribution in [0.4, 0.5) is 0 Å². The highest BCUT2D eigenvalue weighted by Crippen LogP contribution is 2.11. The van der Waals surface area contributed by atoms with Gasteiger partial charge in [-0.25, -0.2) is 0 Å². The van der Waals surface area contributed by atoms with Crippen LogP contribution >= 0.6 is 0 Å². The topological polar surface area (TPSA) is 0 Å². The fourth-order valence-corrected chi connectivity index (χ4v) is 2.47. The summed E-state index contributed by atoms with van der Waals surface area (Å²) in [5.41, 5.74) is 1.19. The summed E-state index contributed by atoms with van der Waals surface area (Å²) in [6.07, 6.45) is 19.8. The Labute approximate surface area is 126 Å². The molecule has 20 heavy (non-hydrogen) atoms. The van der Waals surface area contributed by atoms with Crippen LogP contribution in [-0.2, 0) is 0 Å². The van der Waals surface area contributed by atoms with Crippen LogP contribution in [0.3, 0.4) is 0 Å². The van der Waals surface area contributed by atoms with Crippen molar-refractivity contribution in [1.82, 2.24) is 0 Å². The van der Waals surface area contributed by atoms with Gasteiger partial charge in [-0.05, 0) is 24.5 Å². The maximum Gasteiger partial charge on any atom is -0.0106 e. The minimum atomic E-state index is 1.19. The summed E-state index contributed by atoms with van der Waals surface area (Å²) in [4.78, 5) is 0. The average molecular weight is 271 g/mol. The Morgan fingerprint density at radius 3 is 2.10 bits per heavy atom. The Bertz CT molecular complexity index is 323.